The highest BCUT2D eigenvalue weighted by atomic mass is 127. The Hall–Kier alpha value is -0.900. The third-order valence-electron chi connectivity index (χ3n) is 5.07. The number of hydrogen-bond acceptors (Lipinski definition) is 4. The van der Waals surface area contributed by atoms with Crippen molar-refractivity contribution in [3.05, 3.63) is 50.9 Å². The van der Waals surface area contributed by atoms with Crippen molar-refractivity contribution in [2.45, 2.75) is 38.5 Å². The van der Waals surface area contributed by atoms with Crippen LogP contribution in [0.4, 0.5) is 0 Å². The molecular weight excluding hydrogens is 519 g/mol. The van der Waals surface area contributed by atoms with Crippen molar-refractivity contribution in [2.24, 2.45) is 4.99 Å². The second-order valence-electron chi connectivity index (χ2n) is 7.14. The first kappa shape index (κ1) is 24.4. The third-order valence-corrected chi connectivity index (χ3v) is 6.28. The smallest absolute Gasteiger partial charge is 0.191 e. The molecule has 0 spiro atoms. The molecule has 2 aromatic rings. The standard InChI is InChI=1S/C21H29ClN4OS.HI/c1-3-23-20(24-10-7-19-25-14-16(2)28-19)26-15-21(8-11-27-12-9-21)17-5-4-6-18(22)13-17;/h4-6,13-14H,3,7-12,15H2,1-2H3,(H2,23,24,26);1H. The van der Waals surface area contributed by atoms with E-state index in [1.165, 1.54) is 10.4 Å². The minimum absolute atomic E-state index is 0. The van der Waals surface area contributed by atoms with Crippen LogP contribution in [0.15, 0.2) is 35.5 Å². The number of hydrogen-bond donors (Lipinski definition) is 2. The summed E-state index contributed by atoms with van der Waals surface area (Å²) in [6.45, 7) is 8.04. The second-order valence-corrected chi connectivity index (χ2v) is 8.90. The Labute approximate surface area is 199 Å². The number of thiazole rings is 1. The molecule has 5 nitrogen and oxygen atoms in total. The summed E-state index contributed by atoms with van der Waals surface area (Å²) >= 11 is 8.02. The average Bonchev–Trinajstić information content (AvgIpc) is 3.12. The zero-order valence-electron chi connectivity index (χ0n) is 17.0. The quantitative estimate of drug-likeness (QED) is 0.302. The van der Waals surface area contributed by atoms with Crippen LogP contribution in [0.2, 0.25) is 5.02 Å². The van der Waals surface area contributed by atoms with Crippen LogP contribution in [0.3, 0.4) is 0 Å². The molecule has 0 aliphatic carbocycles. The van der Waals surface area contributed by atoms with E-state index in [1.807, 2.05) is 18.3 Å². The summed E-state index contributed by atoms with van der Waals surface area (Å²) in [4.78, 5) is 10.6. The van der Waals surface area contributed by atoms with Gasteiger partial charge in [0.15, 0.2) is 5.96 Å². The highest BCUT2D eigenvalue weighted by Gasteiger charge is 2.34. The van der Waals surface area contributed by atoms with Crippen LogP contribution in [-0.2, 0) is 16.6 Å². The fraction of sp³-hybridized carbons (Fsp3) is 0.524. The largest absolute Gasteiger partial charge is 0.381 e. The minimum atomic E-state index is -0.0298. The van der Waals surface area contributed by atoms with Gasteiger partial charge in [-0.25, -0.2) is 4.98 Å². The number of aryl methyl sites for hydroxylation is 1. The van der Waals surface area contributed by atoms with Crippen LogP contribution in [0.25, 0.3) is 0 Å². The molecule has 160 valence electrons. The average molecular weight is 549 g/mol. The minimum Gasteiger partial charge on any atom is -0.381 e. The van der Waals surface area contributed by atoms with Crippen LogP contribution < -0.4 is 10.6 Å². The number of guanidine groups is 1. The second kappa shape index (κ2) is 12.1. The zero-order valence-corrected chi connectivity index (χ0v) is 20.9. The Kier molecular flexibility index (Phi) is 10.1. The zero-order chi connectivity index (χ0) is 19.8. The van der Waals surface area contributed by atoms with Crippen molar-refractivity contribution in [1.29, 1.82) is 0 Å². The fourth-order valence-electron chi connectivity index (χ4n) is 3.50. The molecule has 0 bridgehead atoms. The summed E-state index contributed by atoms with van der Waals surface area (Å²) in [5.74, 6) is 0.851. The lowest BCUT2D eigenvalue weighted by atomic mass is 9.74. The van der Waals surface area contributed by atoms with E-state index in [4.69, 9.17) is 21.3 Å². The van der Waals surface area contributed by atoms with Gasteiger partial charge < -0.3 is 15.4 Å². The maximum atomic E-state index is 6.27. The molecule has 3 rings (SSSR count). The fourth-order valence-corrected chi connectivity index (χ4v) is 4.47. The van der Waals surface area contributed by atoms with Crippen molar-refractivity contribution in [2.75, 3.05) is 32.8 Å². The topological polar surface area (TPSA) is 58.5 Å². The predicted octanol–water partition coefficient (Wildman–Crippen LogP) is 4.57. The first-order valence-electron chi connectivity index (χ1n) is 9.88. The van der Waals surface area contributed by atoms with E-state index in [0.717, 1.165) is 61.6 Å². The van der Waals surface area contributed by atoms with Crippen LogP contribution >= 0.6 is 46.9 Å². The van der Waals surface area contributed by atoms with Crippen LogP contribution in [0.5, 0.6) is 0 Å². The normalized spacial score (nSPS) is 16.2. The molecular formula is C21H30ClIN4OS. The summed E-state index contributed by atoms with van der Waals surface area (Å²) in [6.07, 6.45) is 4.73. The SMILES string of the molecule is CCNC(=NCC1(c2cccc(Cl)c2)CCOCC1)NCCc1ncc(C)s1.I. The van der Waals surface area contributed by atoms with Crippen molar-refractivity contribution >= 4 is 52.9 Å². The van der Waals surface area contributed by atoms with Crippen LogP contribution in [-0.4, -0.2) is 43.8 Å². The molecule has 0 atom stereocenters. The van der Waals surface area contributed by atoms with Crippen LogP contribution in [0, 0.1) is 6.92 Å². The van der Waals surface area contributed by atoms with Gasteiger partial charge in [-0.1, -0.05) is 23.7 Å². The number of ether oxygens (including phenoxy) is 1. The molecule has 1 saturated heterocycles. The predicted molar refractivity (Wildman–Crippen MR) is 133 cm³/mol. The number of nitrogens with zero attached hydrogens (tertiary/aromatic N) is 2. The van der Waals surface area contributed by atoms with Gasteiger partial charge in [0.05, 0.1) is 11.6 Å². The first-order chi connectivity index (χ1) is 13.6. The van der Waals surface area contributed by atoms with Crippen molar-refractivity contribution in [1.82, 2.24) is 15.6 Å². The van der Waals surface area contributed by atoms with E-state index >= 15 is 0 Å². The molecule has 1 aliphatic rings. The van der Waals surface area contributed by atoms with Gasteiger partial charge in [-0.05, 0) is 44.4 Å². The number of halogens is 2. The molecule has 0 amide bonds. The lowest BCUT2D eigenvalue weighted by molar-refractivity contribution is 0.0531. The summed E-state index contributed by atoms with van der Waals surface area (Å²) in [5.41, 5.74) is 1.22. The monoisotopic (exact) mass is 548 g/mol. The van der Waals surface area contributed by atoms with E-state index in [-0.39, 0.29) is 29.4 Å². The van der Waals surface area contributed by atoms with Gasteiger partial charge in [0, 0.05) is 54.2 Å². The number of nitrogens with one attached hydrogen (secondary N) is 2. The Morgan fingerprint density at radius 2 is 2.10 bits per heavy atom. The number of rotatable bonds is 7. The Morgan fingerprint density at radius 3 is 2.76 bits per heavy atom. The molecule has 0 radical (unpaired) electrons. The summed E-state index contributed by atoms with van der Waals surface area (Å²) in [6, 6.07) is 8.19. The first-order valence-corrected chi connectivity index (χ1v) is 11.1. The van der Waals surface area contributed by atoms with Gasteiger partial charge in [-0.15, -0.1) is 35.3 Å². The number of aliphatic imine (C=N–C) groups is 1. The lowest BCUT2D eigenvalue weighted by Crippen LogP contribution is -2.41. The Bertz CT molecular complexity index is 792. The molecule has 0 saturated carbocycles. The van der Waals surface area contributed by atoms with Gasteiger partial charge in [0.1, 0.15) is 0 Å². The Balaban J connectivity index is 0.00000300. The van der Waals surface area contributed by atoms with Crippen molar-refractivity contribution in [3.8, 4) is 0 Å². The highest BCUT2D eigenvalue weighted by Crippen LogP contribution is 2.36. The molecule has 29 heavy (non-hydrogen) atoms. The van der Waals surface area contributed by atoms with E-state index < -0.39 is 0 Å². The van der Waals surface area contributed by atoms with Crippen molar-refractivity contribution < 1.29 is 4.74 Å². The van der Waals surface area contributed by atoms with Gasteiger partial charge in [-0.2, -0.15) is 0 Å². The molecule has 1 fully saturated rings. The maximum Gasteiger partial charge on any atom is 0.191 e. The molecule has 0 unspecified atom stereocenters. The molecule has 2 N–H and O–H groups in total. The molecule has 1 aliphatic heterocycles. The van der Waals surface area contributed by atoms with Gasteiger partial charge in [0.2, 0.25) is 0 Å². The van der Waals surface area contributed by atoms with E-state index in [1.54, 1.807) is 11.3 Å². The summed E-state index contributed by atoms with van der Waals surface area (Å²) < 4.78 is 5.63. The Morgan fingerprint density at radius 1 is 1.31 bits per heavy atom. The number of aromatic nitrogens is 1. The van der Waals surface area contributed by atoms with Gasteiger partial charge >= 0.3 is 0 Å². The van der Waals surface area contributed by atoms with E-state index in [9.17, 15) is 0 Å². The molecule has 8 heteroatoms. The summed E-state index contributed by atoms with van der Waals surface area (Å²) in [5, 5.41) is 8.73. The molecule has 1 aromatic heterocycles. The highest BCUT2D eigenvalue weighted by molar-refractivity contribution is 14.0. The van der Waals surface area contributed by atoms with Crippen LogP contribution in [0.1, 0.15) is 35.2 Å². The van der Waals surface area contributed by atoms with Gasteiger partial charge in [-0.3, -0.25) is 4.99 Å². The van der Waals surface area contributed by atoms with E-state index in [0.29, 0.717) is 6.54 Å². The molecule has 1 aromatic carbocycles. The number of benzene rings is 1. The molecule has 2 heterocycles. The van der Waals surface area contributed by atoms with Crippen molar-refractivity contribution in [3.63, 3.8) is 0 Å². The third kappa shape index (κ3) is 7.08. The van der Waals surface area contributed by atoms with Gasteiger partial charge in [0.25, 0.3) is 0 Å². The maximum absolute atomic E-state index is 6.27. The summed E-state index contributed by atoms with van der Waals surface area (Å²) in [7, 11) is 0. The lowest BCUT2D eigenvalue weighted by Gasteiger charge is -2.36. The van der Waals surface area contributed by atoms with E-state index in [2.05, 4.69) is 41.6 Å².